The third-order valence-corrected chi connectivity index (χ3v) is 2.45. The summed E-state index contributed by atoms with van der Waals surface area (Å²) in [6.45, 7) is 0. The van der Waals surface area contributed by atoms with Crippen molar-refractivity contribution in [1.82, 2.24) is 4.98 Å². The molecule has 0 aliphatic heterocycles. The van der Waals surface area contributed by atoms with Crippen molar-refractivity contribution in [2.24, 2.45) is 0 Å². The van der Waals surface area contributed by atoms with Gasteiger partial charge in [-0.2, -0.15) is 0 Å². The Hall–Kier alpha value is -2.36. The average Bonchev–Trinajstić information content (AvgIpc) is 2.39. The van der Waals surface area contributed by atoms with Crippen molar-refractivity contribution in [3.05, 3.63) is 54.4 Å². The highest BCUT2D eigenvalue weighted by molar-refractivity contribution is 6.05. The van der Waals surface area contributed by atoms with Gasteiger partial charge < -0.3 is 10.0 Å². The smallest absolute Gasteiger partial charge is 0.259 e. The van der Waals surface area contributed by atoms with E-state index in [0.29, 0.717) is 5.56 Å². The molecule has 4 heteroatoms. The van der Waals surface area contributed by atoms with Gasteiger partial charge in [0.2, 0.25) is 0 Å². The van der Waals surface area contributed by atoms with Gasteiger partial charge in [0, 0.05) is 25.1 Å². The second-order valence-electron chi connectivity index (χ2n) is 3.62. The van der Waals surface area contributed by atoms with E-state index in [0.717, 1.165) is 5.69 Å². The minimum Gasteiger partial charge on any atom is -0.508 e. The quantitative estimate of drug-likeness (QED) is 0.856. The van der Waals surface area contributed by atoms with Crippen molar-refractivity contribution < 1.29 is 9.90 Å². The zero-order valence-corrected chi connectivity index (χ0v) is 9.37. The first kappa shape index (κ1) is 11.1. The molecular formula is C13H12N2O2. The summed E-state index contributed by atoms with van der Waals surface area (Å²) < 4.78 is 0. The molecule has 4 nitrogen and oxygen atoms in total. The Kier molecular flexibility index (Phi) is 3.05. The number of phenols is 1. The Morgan fingerprint density at radius 1 is 1.24 bits per heavy atom. The van der Waals surface area contributed by atoms with Crippen molar-refractivity contribution in [2.45, 2.75) is 0 Å². The van der Waals surface area contributed by atoms with Gasteiger partial charge >= 0.3 is 0 Å². The average molecular weight is 228 g/mol. The molecule has 0 spiro atoms. The number of hydrogen-bond acceptors (Lipinski definition) is 3. The van der Waals surface area contributed by atoms with E-state index in [4.69, 9.17) is 0 Å². The van der Waals surface area contributed by atoms with Crippen LogP contribution in [0, 0.1) is 0 Å². The van der Waals surface area contributed by atoms with Crippen LogP contribution in [0.1, 0.15) is 10.4 Å². The fraction of sp³-hybridized carbons (Fsp3) is 0.0769. The minimum atomic E-state index is -0.135. The Morgan fingerprint density at radius 2 is 1.94 bits per heavy atom. The summed E-state index contributed by atoms with van der Waals surface area (Å²) in [6.07, 6.45) is 3.15. The van der Waals surface area contributed by atoms with Crippen LogP contribution in [0.2, 0.25) is 0 Å². The maximum Gasteiger partial charge on any atom is 0.259 e. The van der Waals surface area contributed by atoms with Gasteiger partial charge in [0.15, 0.2) is 0 Å². The number of phenolic OH excluding ortho intramolecular Hbond substituents is 1. The van der Waals surface area contributed by atoms with Crippen molar-refractivity contribution >= 4 is 11.6 Å². The van der Waals surface area contributed by atoms with Crippen LogP contribution >= 0.6 is 0 Å². The largest absolute Gasteiger partial charge is 0.508 e. The Labute approximate surface area is 99.2 Å². The predicted molar refractivity (Wildman–Crippen MR) is 65.1 cm³/mol. The van der Waals surface area contributed by atoms with E-state index < -0.39 is 0 Å². The first-order valence-electron chi connectivity index (χ1n) is 5.15. The normalized spacial score (nSPS) is 9.94. The molecule has 0 saturated carbocycles. The second-order valence-corrected chi connectivity index (χ2v) is 3.62. The number of carbonyl (C=O) groups excluding carboxylic acids is 1. The maximum absolute atomic E-state index is 12.1. The van der Waals surface area contributed by atoms with Gasteiger partial charge in [-0.1, -0.05) is 0 Å². The van der Waals surface area contributed by atoms with E-state index in [1.807, 2.05) is 0 Å². The van der Waals surface area contributed by atoms with Crippen LogP contribution in [0.25, 0.3) is 0 Å². The van der Waals surface area contributed by atoms with Gasteiger partial charge in [-0.15, -0.1) is 0 Å². The van der Waals surface area contributed by atoms with Crippen LogP contribution < -0.4 is 4.90 Å². The maximum atomic E-state index is 12.1. The molecule has 0 unspecified atom stereocenters. The summed E-state index contributed by atoms with van der Waals surface area (Å²) in [5, 5.41) is 9.18. The first-order valence-corrected chi connectivity index (χ1v) is 5.15. The molecule has 0 aliphatic rings. The molecule has 17 heavy (non-hydrogen) atoms. The standard InChI is InChI=1S/C13H12N2O2/c1-15(11-4-6-12(16)7-5-11)13(17)10-3-2-8-14-9-10/h2-9,16H,1H3. The van der Waals surface area contributed by atoms with Crippen LogP contribution in [0.3, 0.4) is 0 Å². The lowest BCUT2D eigenvalue weighted by molar-refractivity contribution is 0.0992. The highest BCUT2D eigenvalue weighted by Crippen LogP contribution is 2.18. The van der Waals surface area contributed by atoms with E-state index in [-0.39, 0.29) is 11.7 Å². The molecule has 1 amide bonds. The van der Waals surface area contributed by atoms with Crippen LogP contribution in [0.4, 0.5) is 5.69 Å². The molecule has 1 heterocycles. The summed E-state index contributed by atoms with van der Waals surface area (Å²) in [5.74, 6) is 0.0415. The van der Waals surface area contributed by atoms with E-state index in [1.54, 1.807) is 49.6 Å². The van der Waals surface area contributed by atoms with Crippen LogP contribution in [0.5, 0.6) is 5.75 Å². The van der Waals surface area contributed by atoms with E-state index in [2.05, 4.69) is 4.98 Å². The van der Waals surface area contributed by atoms with E-state index in [9.17, 15) is 9.90 Å². The molecule has 0 atom stereocenters. The van der Waals surface area contributed by atoms with Crippen molar-refractivity contribution in [2.75, 3.05) is 11.9 Å². The lowest BCUT2D eigenvalue weighted by Gasteiger charge is -2.17. The fourth-order valence-electron chi connectivity index (χ4n) is 1.48. The summed E-state index contributed by atoms with van der Waals surface area (Å²) >= 11 is 0. The Balaban J connectivity index is 2.23. The topological polar surface area (TPSA) is 53.4 Å². The third kappa shape index (κ3) is 2.42. The number of anilines is 1. The van der Waals surface area contributed by atoms with Gasteiger partial charge in [-0.25, -0.2) is 0 Å². The number of hydrogen-bond donors (Lipinski definition) is 1. The van der Waals surface area contributed by atoms with Gasteiger partial charge in [0.25, 0.3) is 5.91 Å². The second kappa shape index (κ2) is 4.65. The van der Waals surface area contributed by atoms with Gasteiger partial charge in [0.1, 0.15) is 5.75 Å². The third-order valence-electron chi connectivity index (χ3n) is 2.45. The monoisotopic (exact) mass is 228 g/mol. The number of aromatic hydroxyl groups is 1. The first-order chi connectivity index (χ1) is 8.18. The molecule has 1 aromatic heterocycles. The molecule has 0 radical (unpaired) electrons. The molecule has 2 rings (SSSR count). The molecule has 0 saturated heterocycles. The minimum absolute atomic E-state index is 0.135. The Morgan fingerprint density at radius 3 is 2.53 bits per heavy atom. The molecular weight excluding hydrogens is 216 g/mol. The molecule has 2 aromatic rings. The molecule has 0 aliphatic carbocycles. The van der Waals surface area contributed by atoms with Crippen LogP contribution in [-0.4, -0.2) is 23.0 Å². The van der Waals surface area contributed by atoms with Crippen molar-refractivity contribution in [3.8, 4) is 5.75 Å². The zero-order valence-electron chi connectivity index (χ0n) is 9.37. The highest BCUT2D eigenvalue weighted by atomic mass is 16.3. The molecule has 0 bridgehead atoms. The Bertz CT molecular complexity index is 509. The number of nitrogens with zero attached hydrogens (tertiary/aromatic N) is 2. The molecule has 86 valence electrons. The number of amides is 1. The van der Waals surface area contributed by atoms with Crippen LogP contribution in [-0.2, 0) is 0 Å². The highest BCUT2D eigenvalue weighted by Gasteiger charge is 2.12. The van der Waals surface area contributed by atoms with Gasteiger partial charge in [-0.3, -0.25) is 9.78 Å². The molecule has 1 N–H and O–H groups in total. The van der Waals surface area contributed by atoms with Crippen LogP contribution in [0.15, 0.2) is 48.8 Å². The number of benzene rings is 1. The predicted octanol–water partition coefficient (Wildman–Crippen LogP) is 2.06. The van der Waals surface area contributed by atoms with Gasteiger partial charge in [-0.05, 0) is 36.4 Å². The zero-order chi connectivity index (χ0) is 12.3. The van der Waals surface area contributed by atoms with E-state index in [1.165, 1.54) is 11.1 Å². The van der Waals surface area contributed by atoms with Crippen molar-refractivity contribution in [1.29, 1.82) is 0 Å². The lowest BCUT2D eigenvalue weighted by Crippen LogP contribution is -2.26. The number of carbonyl (C=O) groups is 1. The summed E-state index contributed by atoms with van der Waals surface area (Å²) in [7, 11) is 1.68. The van der Waals surface area contributed by atoms with Crippen molar-refractivity contribution in [3.63, 3.8) is 0 Å². The summed E-state index contributed by atoms with van der Waals surface area (Å²) in [4.78, 5) is 17.5. The number of aromatic nitrogens is 1. The fourth-order valence-corrected chi connectivity index (χ4v) is 1.48. The lowest BCUT2D eigenvalue weighted by atomic mass is 10.2. The summed E-state index contributed by atoms with van der Waals surface area (Å²) in [6, 6.07) is 9.89. The molecule has 0 fully saturated rings. The SMILES string of the molecule is CN(C(=O)c1cccnc1)c1ccc(O)cc1. The number of pyridine rings is 1. The number of rotatable bonds is 2. The van der Waals surface area contributed by atoms with E-state index >= 15 is 0 Å². The summed E-state index contributed by atoms with van der Waals surface area (Å²) in [5.41, 5.74) is 1.25. The molecule has 1 aromatic carbocycles. The van der Waals surface area contributed by atoms with Gasteiger partial charge in [0.05, 0.1) is 5.56 Å².